The summed E-state index contributed by atoms with van der Waals surface area (Å²) >= 11 is 0. The van der Waals surface area contributed by atoms with Crippen molar-refractivity contribution in [3.8, 4) is 17.2 Å². The quantitative estimate of drug-likeness (QED) is 0.703. The maximum absolute atomic E-state index is 12.4. The number of hydrogen-bond acceptors (Lipinski definition) is 5. The van der Waals surface area contributed by atoms with Crippen molar-refractivity contribution < 1.29 is 19.0 Å². The fraction of sp³-hybridized carbons (Fsp3) is 0.0952. The van der Waals surface area contributed by atoms with E-state index in [2.05, 4.69) is 10.6 Å². The molecule has 27 heavy (non-hydrogen) atoms. The van der Waals surface area contributed by atoms with Gasteiger partial charge >= 0.3 is 0 Å². The van der Waals surface area contributed by atoms with Crippen LogP contribution in [0.5, 0.6) is 17.2 Å². The number of para-hydroxylation sites is 2. The summed E-state index contributed by atoms with van der Waals surface area (Å²) in [6, 6.07) is 20.3. The Bertz CT molecular complexity index is 970. The van der Waals surface area contributed by atoms with Gasteiger partial charge < -0.3 is 24.8 Å². The van der Waals surface area contributed by atoms with Crippen LogP contribution in [0.3, 0.4) is 0 Å². The highest BCUT2D eigenvalue weighted by atomic mass is 16.7. The fourth-order valence-corrected chi connectivity index (χ4v) is 2.78. The van der Waals surface area contributed by atoms with Crippen molar-refractivity contribution in [3.05, 3.63) is 72.3 Å². The molecule has 2 N–H and O–H groups in total. The number of carbonyl (C=O) groups excluding carboxylic acids is 1. The van der Waals surface area contributed by atoms with E-state index in [0.29, 0.717) is 22.7 Å². The van der Waals surface area contributed by atoms with Crippen LogP contribution in [0.4, 0.5) is 17.1 Å². The molecule has 6 nitrogen and oxygen atoms in total. The van der Waals surface area contributed by atoms with Crippen LogP contribution < -0.4 is 24.8 Å². The zero-order valence-corrected chi connectivity index (χ0v) is 14.7. The molecule has 136 valence electrons. The summed E-state index contributed by atoms with van der Waals surface area (Å²) in [5.74, 6) is 1.79. The molecule has 3 aromatic rings. The topological polar surface area (TPSA) is 68.8 Å². The summed E-state index contributed by atoms with van der Waals surface area (Å²) in [6.45, 7) is 0.182. The number of methoxy groups -OCH3 is 1. The highest BCUT2D eigenvalue weighted by Crippen LogP contribution is 2.33. The van der Waals surface area contributed by atoms with Gasteiger partial charge in [0.2, 0.25) is 6.79 Å². The lowest BCUT2D eigenvalue weighted by molar-refractivity contribution is 0.102. The molecule has 1 aliphatic rings. The number of nitrogens with one attached hydrogen (secondary N) is 2. The maximum atomic E-state index is 12.4. The molecule has 1 aliphatic heterocycles. The number of ether oxygens (including phenoxy) is 3. The van der Waals surface area contributed by atoms with Gasteiger partial charge in [-0.05, 0) is 54.6 Å². The van der Waals surface area contributed by atoms with Crippen molar-refractivity contribution in [1.82, 2.24) is 0 Å². The van der Waals surface area contributed by atoms with Crippen LogP contribution in [-0.4, -0.2) is 19.8 Å². The van der Waals surface area contributed by atoms with Crippen molar-refractivity contribution in [1.29, 1.82) is 0 Å². The van der Waals surface area contributed by atoms with Crippen molar-refractivity contribution in [3.63, 3.8) is 0 Å². The predicted octanol–water partition coefficient (Wildman–Crippen LogP) is 4.42. The van der Waals surface area contributed by atoms with Crippen LogP contribution in [0, 0.1) is 0 Å². The smallest absolute Gasteiger partial charge is 0.255 e. The first-order valence-electron chi connectivity index (χ1n) is 8.44. The van der Waals surface area contributed by atoms with E-state index in [1.807, 2.05) is 48.5 Å². The molecule has 0 saturated carbocycles. The van der Waals surface area contributed by atoms with Gasteiger partial charge in [0.15, 0.2) is 11.5 Å². The molecule has 0 aliphatic carbocycles. The molecule has 0 unspecified atom stereocenters. The van der Waals surface area contributed by atoms with Gasteiger partial charge in [0.05, 0.1) is 12.8 Å². The van der Waals surface area contributed by atoms with Crippen LogP contribution in [0.2, 0.25) is 0 Å². The molecular weight excluding hydrogens is 344 g/mol. The van der Waals surface area contributed by atoms with Crippen molar-refractivity contribution >= 4 is 23.0 Å². The third-order valence-electron chi connectivity index (χ3n) is 4.16. The Balaban J connectivity index is 1.44. The molecule has 0 atom stereocenters. The minimum atomic E-state index is -0.210. The minimum Gasteiger partial charge on any atom is -0.495 e. The summed E-state index contributed by atoms with van der Waals surface area (Å²) in [7, 11) is 1.63. The second-order valence-corrected chi connectivity index (χ2v) is 5.92. The zero-order valence-electron chi connectivity index (χ0n) is 14.7. The summed E-state index contributed by atoms with van der Waals surface area (Å²) in [5, 5.41) is 6.17. The molecular formula is C21H18N2O4. The third-order valence-corrected chi connectivity index (χ3v) is 4.16. The summed E-state index contributed by atoms with van der Waals surface area (Å²) < 4.78 is 15.9. The summed E-state index contributed by atoms with van der Waals surface area (Å²) in [6.07, 6.45) is 0. The van der Waals surface area contributed by atoms with E-state index in [4.69, 9.17) is 14.2 Å². The normalized spacial score (nSPS) is 11.7. The van der Waals surface area contributed by atoms with Gasteiger partial charge in [-0.25, -0.2) is 0 Å². The number of hydrogen-bond donors (Lipinski definition) is 2. The molecule has 0 aromatic heterocycles. The number of benzene rings is 3. The molecule has 3 aromatic carbocycles. The first-order valence-corrected chi connectivity index (χ1v) is 8.44. The SMILES string of the molecule is COc1ccccc1Nc1ccc(NC(=O)c2ccc3c(c2)OCO3)cc1. The first kappa shape index (κ1) is 16.8. The van der Waals surface area contributed by atoms with Crippen LogP contribution >= 0.6 is 0 Å². The Morgan fingerprint density at radius 3 is 2.48 bits per heavy atom. The van der Waals surface area contributed by atoms with E-state index in [0.717, 1.165) is 17.1 Å². The molecule has 0 bridgehead atoms. The monoisotopic (exact) mass is 362 g/mol. The number of amides is 1. The van der Waals surface area contributed by atoms with Gasteiger partial charge in [0.25, 0.3) is 5.91 Å². The van der Waals surface area contributed by atoms with Gasteiger partial charge in [-0.3, -0.25) is 4.79 Å². The van der Waals surface area contributed by atoms with E-state index in [9.17, 15) is 4.79 Å². The number of rotatable bonds is 5. The fourth-order valence-electron chi connectivity index (χ4n) is 2.78. The molecule has 1 amide bonds. The van der Waals surface area contributed by atoms with Gasteiger partial charge in [-0.15, -0.1) is 0 Å². The largest absolute Gasteiger partial charge is 0.495 e. The molecule has 6 heteroatoms. The van der Waals surface area contributed by atoms with Crippen molar-refractivity contribution in [2.24, 2.45) is 0 Å². The predicted molar refractivity (Wildman–Crippen MR) is 103 cm³/mol. The average Bonchev–Trinajstić information content (AvgIpc) is 3.17. The molecule has 0 fully saturated rings. The standard InChI is InChI=1S/C21H18N2O4/c1-25-18-5-3-2-4-17(18)22-15-7-9-16(10-8-15)23-21(24)14-6-11-19-20(12-14)27-13-26-19/h2-12,22H,13H2,1H3,(H,23,24). The van der Waals surface area contributed by atoms with Crippen molar-refractivity contribution in [2.75, 3.05) is 24.5 Å². The Hall–Kier alpha value is -3.67. The molecule has 4 rings (SSSR count). The van der Waals surface area contributed by atoms with Crippen LogP contribution in [0.15, 0.2) is 66.7 Å². The second kappa shape index (κ2) is 7.29. The Morgan fingerprint density at radius 1 is 0.926 bits per heavy atom. The van der Waals surface area contributed by atoms with E-state index in [-0.39, 0.29) is 12.7 Å². The van der Waals surface area contributed by atoms with Crippen LogP contribution in [0.1, 0.15) is 10.4 Å². The van der Waals surface area contributed by atoms with Crippen LogP contribution in [0.25, 0.3) is 0 Å². The Kier molecular flexibility index (Phi) is 4.53. The van der Waals surface area contributed by atoms with E-state index >= 15 is 0 Å². The van der Waals surface area contributed by atoms with E-state index in [1.165, 1.54) is 0 Å². The average molecular weight is 362 g/mol. The highest BCUT2D eigenvalue weighted by Gasteiger charge is 2.16. The van der Waals surface area contributed by atoms with Gasteiger partial charge in [-0.1, -0.05) is 12.1 Å². The molecule has 0 radical (unpaired) electrons. The van der Waals surface area contributed by atoms with Crippen molar-refractivity contribution in [2.45, 2.75) is 0 Å². The Labute approximate surface area is 156 Å². The number of carbonyl (C=O) groups is 1. The third kappa shape index (κ3) is 3.64. The van der Waals surface area contributed by atoms with Gasteiger partial charge in [0, 0.05) is 16.9 Å². The molecule has 0 saturated heterocycles. The highest BCUT2D eigenvalue weighted by molar-refractivity contribution is 6.04. The maximum Gasteiger partial charge on any atom is 0.255 e. The van der Waals surface area contributed by atoms with E-state index < -0.39 is 0 Å². The lowest BCUT2D eigenvalue weighted by Crippen LogP contribution is -2.11. The first-order chi connectivity index (χ1) is 13.2. The molecule has 0 spiro atoms. The van der Waals surface area contributed by atoms with Gasteiger partial charge in [0.1, 0.15) is 5.75 Å². The number of fused-ring (bicyclic) bond motifs is 1. The molecule has 1 heterocycles. The number of anilines is 3. The van der Waals surface area contributed by atoms with E-state index in [1.54, 1.807) is 25.3 Å². The minimum absolute atomic E-state index is 0.182. The lowest BCUT2D eigenvalue weighted by atomic mass is 10.2. The Morgan fingerprint density at radius 2 is 1.67 bits per heavy atom. The van der Waals surface area contributed by atoms with Gasteiger partial charge in [-0.2, -0.15) is 0 Å². The summed E-state index contributed by atoms with van der Waals surface area (Å²) in [4.78, 5) is 12.4. The summed E-state index contributed by atoms with van der Waals surface area (Å²) in [5.41, 5.74) is 2.97. The second-order valence-electron chi connectivity index (χ2n) is 5.92. The lowest BCUT2D eigenvalue weighted by Gasteiger charge is -2.12. The zero-order chi connectivity index (χ0) is 18.6. The van der Waals surface area contributed by atoms with Crippen LogP contribution in [-0.2, 0) is 0 Å².